The Balaban J connectivity index is 1.65. The zero-order valence-electron chi connectivity index (χ0n) is 13.1. The lowest BCUT2D eigenvalue weighted by Crippen LogP contribution is -2.47. The van der Waals surface area contributed by atoms with Crippen LogP contribution in [0, 0.1) is 5.92 Å². The fraction of sp³-hybridized carbons (Fsp3) is 0.625. The van der Waals surface area contributed by atoms with Gasteiger partial charge in [0.15, 0.2) is 0 Å². The van der Waals surface area contributed by atoms with Crippen molar-refractivity contribution in [2.24, 2.45) is 11.7 Å². The average molecular weight is 354 g/mol. The lowest BCUT2D eigenvalue weighted by molar-refractivity contribution is -0.135. The number of nitrogens with two attached hydrogens (primary N) is 1. The number of thioether (sulfide) groups is 1. The minimum Gasteiger partial charge on any atom is -0.355 e. The summed E-state index contributed by atoms with van der Waals surface area (Å²) in [5.74, 6) is 1.10. The first kappa shape index (κ1) is 16.8. The van der Waals surface area contributed by atoms with E-state index in [-0.39, 0.29) is 23.0 Å². The van der Waals surface area contributed by atoms with Crippen LogP contribution in [-0.4, -0.2) is 48.6 Å². The quantitative estimate of drug-likeness (QED) is 0.858. The Bertz CT molecular complexity index is 575. The first-order valence-corrected chi connectivity index (χ1v) is 10.1. The van der Waals surface area contributed by atoms with Gasteiger partial charge in [-0.15, -0.1) is 23.1 Å². The Hall–Kier alpha value is -1.05. The number of amides is 2. The van der Waals surface area contributed by atoms with Crippen LogP contribution in [-0.2, 0) is 16.0 Å². The zero-order chi connectivity index (χ0) is 16.2. The zero-order valence-corrected chi connectivity index (χ0v) is 14.8. The lowest BCUT2D eigenvalue weighted by Gasteiger charge is -2.35. The summed E-state index contributed by atoms with van der Waals surface area (Å²) in [6.07, 6.45) is 2.80. The molecule has 23 heavy (non-hydrogen) atoms. The van der Waals surface area contributed by atoms with Crippen LogP contribution in [0.25, 0.3) is 0 Å². The van der Waals surface area contributed by atoms with Gasteiger partial charge in [-0.2, -0.15) is 0 Å². The highest BCUT2D eigenvalue weighted by Gasteiger charge is 2.35. The monoisotopic (exact) mass is 353 g/mol. The van der Waals surface area contributed by atoms with E-state index in [4.69, 9.17) is 5.73 Å². The standard InChI is InChI=1S/C16H23N3O2S2/c17-5-6-18-15(20)11-2-1-7-19(10-11)16(21)14-12-3-8-22-13(12)4-9-23-14/h3,8,11,14H,1-2,4-7,9-10,17H2,(H,18,20). The molecule has 0 radical (unpaired) electrons. The number of piperidine rings is 1. The van der Waals surface area contributed by atoms with Gasteiger partial charge in [-0.05, 0) is 42.0 Å². The van der Waals surface area contributed by atoms with Crippen LogP contribution < -0.4 is 11.1 Å². The molecule has 3 N–H and O–H groups in total. The molecule has 5 nitrogen and oxygen atoms in total. The number of nitrogens with one attached hydrogen (secondary N) is 1. The van der Waals surface area contributed by atoms with Crippen LogP contribution in [0.3, 0.4) is 0 Å². The third-order valence-corrected chi connectivity index (χ3v) is 6.67. The summed E-state index contributed by atoms with van der Waals surface area (Å²) in [6, 6.07) is 2.09. The molecule has 2 unspecified atom stereocenters. The highest BCUT2D eigenvalue weighted by Crippen LogP contribution is 2.40. The van der Waals surface area contributed by atoms with Gasteiger partial charge in [-0.1, -0.05) is 0 Å². The molecule has 1 saturated heterocycles. The Morgan fingerprint density at radius 2 is 2.30 bits per heavy atom. The number of hydrogen-bond donors (Lipinski definition) is 2. The molecule has 126 valence electrons. The van der Waals surface area contributed by atoms with Crippen LogP contribution in [0.2, 0.25) is 0 Å². The summed E-state index contributed by atoms with van der Waals surface area (Å²) in [5, 5.41) is 4.84. The van der Waals surface area contributed by atoms with Crippen molar-refractivity contribution in [3.63, 3.8) is 0 Å². The fourth-order valence-electron chi connectivity index (χ4n) is 3.25. The van der Waals surface area contributed by atoms with Crippen LogP contribution in [0.15, 0.2) is 11.4 Å². The third-order valence-electron chi connectivity index (χ3n) is 4.45. The van der Waals surface area contributed by atoms with Crippen molar-refractivity contribution >= 4 is 34.9 Å². The summed E-state index contributed by atoms with van der Waals surface area (Å²) < 4.78 is 0. The molecule has 2 amide bonds. The Morgan fingerprint density at radius 3 is 3.13 bits per heavy atom. The molecule has 0 bridgehead atoms. The second kappa shape index (κ2) is 7.68. The molecular formula is C16H23N3O2S2. The van der Waals surface area contributed by atoms with Crippen LogP contribution in [0.5, 0.6) is 0 Å². The predicted octanol–water partition coefficient (Wildman–Crippen LogP) is 1.39. The highest BCUT2D eigenvalue weighted by atomic mass is 32.2. The molecule has 0 aliphatic carbocycles. The molecule has 0 saturated carbocycles. The second-order valence-corrected chi connectivity index (χ2v) is 8.22. The summed E-state index contributed by atoms with van der Waals surface area (Å²) >= 11 is 3.48. The van der Waals surface area contributed by atoms with Crippen LogP contribution in [0.1, 0.15) is 28.5 Å². The topological polar surface area (TPSA) is 75.4 Å². The van der Waals surface area contributed by atoms with Gasteiger partial charge >= 0.3 is 0 Å². The van der Waals surface area contributed by atoms with Crippen molar-refractivity contribution < 1.29 is 9.59 Å². The van der Waals surface area contributed by atoms with Crippen molar-refractivity contribution in [2.45, 2.75) is 24.5 Å². The number of aryl methyl sites for hydroxylation is 1. The molecular weight excluding hydrogens is 330 g/mol. The second-order valence-electron chi connectivity index (χ2n) is 6.00. The van der Waals surface area contributed by atoms with E-state index in [1.54, 1.807) is 23.1 Å². The van der Waals surface area contributed by atoms with Gasteiger partial charge < -0.3 is 16.0 Å². The molecule has 2 aliphatic rings. The first-order chi connectivity index (χ1) is 11.2. The van der Waals surface area contributed by atoms with Gasteiger partial charge in [-0.25, -0.2) is 0 Å². The number of rotatable bonds is 4. The van der Waals surface area contributed by atoms with Crippen molar-refractivity contribution in [2.75, 3.05) is 31.9 Å². The number of hydrogen-bond acceptors (Lipinski definition) is 5. The van der Waals surface area contributed by atoms with Gasteiger partial charge in [0.1, 0.15) is 5.25 Å². The molecule has 3 heterocycles. The van der Waals surface area contributed by atoms with E-state index in [0.29, 0.717) is 19.6 Å². The molecule has 0 spiro atoms. The molecule has 2 aliphatic heterocycles. The fourth-order valence-corrected chi connectivity index (χ4v) is 5.62. The van der Waals surface area contributed by atoms with Crippen LogP contribution >= 0.6 is 23.1 Å². The summed E-state index contributed by atoms with van der Waals surface area (Å²) in [4.78, 5) is 28.3. The minimum atomic E-state index is -0.102. The van der Waals surface area contributed by atoms with Gasteiger partial charge in [-0.3, -0.25) is 9.59 Å². The van der Waals surface area contributed by atoms with E-state index < -0.39 is 0 Å². The van der Waals surface area contributed by atoms with Crippen molar-refractivity contribution in [3.05, 3.63) is 21.9 Å². The maximum absolute atomic E-state index is 13.0. The molecule has 2 atom stereocenters. The Kier molecular flexibility index (Phi) is 5.61. The number of carbonyl (C=O) groups excluding carboxylic acids is 2. The van der Waals surface area contributed by atoms with Crippen molar-refractivity contribution in [1.82, 2.24) is 10.2 Å². The van der Waals surface area contributed by atoms with Crippen molar-refractivity contribution in [1.29, 1.82) is 0 Å². The molecule has 1 aromatic heterocycles. The van der Waals surface area contributed by atoms with Crippen molar-refractivity contribution in [3.8, 4) is 0 Å². The van der Waals surface area contributed by atoms with E-state index in [2.05, 4.69) is 16.8 Å². The molecule has 1 aromatic rings. The summed E-state index contributed by atoms with van der Waals surface area (Å²) in [7, 11) is 0. The number of fused-ring (bicyclic) bond motifs is 1. The Labute approximate surface area is 145 Å². The van der Waals surface area contributed by atoms with Gasteiger partial charge in [0, 0.05) is 31.1 Å². The molecule has 7 heteroatoms. The molecule has 3 rings (SSSR count). The maximum atomic E-state index is 13.0. The smallest absolute Gasteiger partial charge is 0.240 e. The molecule has 0 aromatic carbocycles. The summed E-state index contributed by atoms with van der Waals surface area (Å²) in [5.41, 5.74) is 6.62. The first-order valence-electron chi connectivity index (χ1n) is 8.15. The van der Waals surface area contributed by atoms with E-state index in [9.17, 15) is 9.59 Å². The number of nitrogens with zero attached hydrogens (tertiary/aromatic N) is 1. The predicted molar refractivity (Wildman–Crippen MR) is 94.6 cm³/mol. The van der Waals surface area contributed by atoms with Gasteiger partial charge in [0.25, 0.3) is 0 Å². The normalized spacial score (nSPS) is 24.1. The van der Waals surface area contributed by atoms with E-state index in [0.717, 1.165) is 31.6 Å². The lowest BCUT2D eigenvalue weighted by atomic mass is 9.96. The number of carbonyl (C=O) groups is 2. The minimum absolute atomic E-state index is 0.0282. The van der Waals surface area contributed by atoms with Crippen LogP contribution in [0.4, 0.5) is 0 Å². The van der Waals surface area contributed by atoms with E-state index in [1.807, 2.05) is 4.90 Å². The van der Waals surface area contributed by atoms with Gasteiger partial charge in [0.2, 0.25) is 11.8 Å². The number of likely N-dealkylation sites (tertiary alicyclic amines) is 1. The van der Waals surface area contributed by atoms with E-state index in [1.165, 1.54) is 10.4 Å². The van der Waals surface area contributed by atoms with Gasteiger partial charge in [0.05, 0.1) is 5.92 Å². The molecule has 1 fully saturated rings. The maximum Gasteiger partial charge on any atom is 0.240 e. The number of thiophene rings is 1. The largest absolute Gasteiger partial charge is 0.355 e. The average Bonchev–Trinajstić information content (AvgIpc) is 3.07. The third kappa shape index (κ3) is 3.72. The van der Waals surface area contributed by atoms with E-state index >= 15 is 0 Å². The SMILES string of the molecule is NCCNC(=O)C1CCCN(C(=O)C2SCCc3sccc32)C1. The Morgan fingerprint density at radius 1 is 1.43 bits per heavy atom. The highest BCUT2D eigenvalue weighted by molar-refractivity contribution is 8.00. The summed E-state index contributed by atoms with van der Waals surface area (Å²) in [6.45, 7) is 2.24.